The van der Waals surface area contributed by atoms with Gasteiger partial charge in [-0.3, -0.25) is 9.59 Å². The highest BCUT2D eigenvalue weighted by atomic mass is 16.5. The van der Waals surface area contributed by atoms with E-state index >= 15 is 0 Å². The highest BCUT2D eigenvalue weighted by Gasteiger charge is 2.30. The molecular weight excluding hydrogens is 428 g/mol. The van der Waals surface area contributed by atoms with Crippen LogP contribution < -0.4 is 14.8 Å². The second kappa shape index (κ2) is 12.4. The van der Waals surface area contributed by atoms with E-state index in [2.05, 4.69) is 5.32 Å². The molecule has 0 unspecified atom stereocenters. The maximum atomic E-state index is 13.6. The molecule has 1 atom stereocenters. The Bertz CT molecular complexity index is 1080. The number of aryl methyl sites for hydroxylation is 1. The third-order valence-electron chi connectivity index (χ3n) is 5.64. The molecule has 6 nitrogen and oxygen atoms in total. The van der Waals surface area contributed by atoms with Gasteiger partial charge < -0.3 is 19.7 Å². The van der Waals surface area contributed by atoms with Crippen LogP contribution in [0.15, 0.2) is 78.9 Å². The third-order valence-corrected chi connectivity index (χ3v) is 5.64. The van der Waals surface area contributed by atoms with Crippen LogP contribution in [0.1, 0.15) is 23.6 Å². The predicted octanol–water partition coefficient (Wildman–Crippen LogP) is 4.16. The van der Waals surface area contributed by atoms with Crippen LogP contribution in [0.5, 0.6) is 11.5 Å². The first-order valence-corrected chi connectivity index (χ1v) is 11.4. The Labute approximate surface area is 201 Å². The molecule has 0 spiro atoms. The Balaban J connectivity index is 1.91. The molecule has 0 fully saturated rings. The number of rotatable bonds is 11. The smallest absolute Gasteiger partial charge is 0.261 e. The van der Waals surface area contributed by atoms with Gasteiger partial charge in [-0.2, -0.15) is 0 Å². The summed E-state index contributed by atoms with van der Waals surface area (Å²) >= 11 is 0. The zero-order valence-corrected chi connectivity index (χ0v) is 20.0. The summed E-state index contributed by atoms with van der Waals surface area (Å²) in [6, 6.07) is 24.1. The van der Waals surface area contributed by atoms with Crippen molar-refractivity contribution in [1.29, 1.82) is 0 Å². The lowest BCUT2D eigenvalue weighted by atomic mass is 10.0. The van der Waals surface area contributed by atoms with Crippen molar-refractivity contribution in [3.8, 4) is 11.5 Å². The van der Waals surface area contributed by atoms with Crippen molar-refractivity contribution < 1.29 is 19.1 Å². The molecule has 0 aromatic heterocycles. The van der Waals surface area contributed by atoms with E-state index in [0.29, 0.717) is 31.0 Å². The largest absolute Gasteiger partial charge is 0.493 e. The normalized spacial score (nSPS) is 11.4. The highest BCUT2D eigenvalue weighted by Crippen LogP contribution is 2.26. The molecular formula is C28H32N2O4. The summed E-state index contributed by atoms with van der Waals surface area (Å²) < 4.78 is 11.2. The number of carbonyl (C=O) groups excluding carboxylic acids is 2. The quantitative estimate of drug-likeness (QED) is 0.467. The molecule has 0 bridgehead atoms. The van der Waals surface area contributed by atoms with Crippen molar-refractivity contribution in [2.45, 2.75) is 32.9 Å². The van der Waals surface area contributed by atoms with Crippen LogP contribution in [0.25, 0.3) is 0 Å². The summed E-state index contributed by atoms with van der Waals surface area (Å²) in [7, 11) is 1.56. The maximum Gasteiger partial charge on any atom is 0.261 e. The SMILES string of the molecule is CCNC(=O)[C@H](Cc1ccccc1)N(Cc1ccccc1C)C(=O)COc1ccccc1OC. The first kappa shape index (κ1) is 24.8. The maximum absolute atomic E-state index is 13.6. The monoisotopic (exact) mass is 460 g/mol. The van der Waals surface area contributed by atoms with Crippen molar-refractivity contribution in [3.05, 3.63) is 95.6 Å². The number of likely N-dealkylation sites (N-methyl/N-ethyl adjacent to an activating group) is 1. The van der Waals surface area contributed by atoms with E-state index in [-0.39, 0.29) is 18.4 Å². The van der Waals surface area contributed by atoms with Crippen LogP contribution in [0.2, 0.25) is 0 Å². The van der Waals surface area contributed by atoms with E-state index in [1.807, 2.05) is 80.6 Å². The summed E-state index contributed by atoms with van der Waals surface area (Å²) in [5, 5.41) is 2.90. The number of carbonyl (C=O) groups is 2. The van der Waals surface area contributed by atoms with E-state index in [1.54, 1.807) is 24.1 Å². The lowest BCUT2D eigenvalue weighted by Crippen LogP contribution is -2.51. The summed E-state index contributed by atoms with van der Waals surface area (Å²) in [5.74, 6) is 0.559. The van der Waals surface area contributed by atoms with E-state index in [9.17, 15) is 9.59 Å². The number of hydrogen-bond acceptors (Lipinski definition) is 4. The minimum absolute atomic E-state index is 0.189. The van der Waals surface area contributed by atoms with E-state index in [1.165, 1.54) is 0 Å². The van der Waals surface area contributed by atoms with Gasteiger partial charge in [0.15, 0.2) is 18.1 Å². The number of hydrogen-bond donors (Lipinski definition) is 1. The highest BCUT2D eigenvalue weighted by molar-refractivity contribution is 5.88. The minimum Gasteiger partial charge on any atom is -0.493 e. The molecule has 178 valence electrons. The molecule has 0 aliphatic carbocycles. The molecule has 0 saturated carbocycles. The molecule has 6 heteroatoms. The number of methoxy groups -OCH3 is 1. The molecule has 3 rings (SSSR count). The first-order chi connectivity index (χ1) is 16.5. The van der Waals surface area contributed by atoms with E-state index in [0.717, 1.165) is 16.7 Å². The Hall–Kier alpha value is -3.80. The lowest BCUT2D eigenvalue weighted by molar-refractivity contribution is -0.142. The molecule has 3 aromatic carbocycles. The van der Waals surface area contributed by atoms with Crippen LogP contribution in [0.3, 0.4) is 0 Å². The number of benzene rings is 3. The molecule has 0 aliphatic heterocycles. The zero-order valence-electron chi connectivity index (χ0n) is 20.0. The number of para-hydroxylation sites is 2. The molecule has 34 heavy (non-hydrogen) atoms. The zero-order chi connectivity index (χ0) is 24.3. The lowest BCUT2D eigenvalue weighted by Gasteiger charge is -2.32. The van der Waals surface area contributed by atoms with Crippen LogP contribution in [0.4, 0.5) is 0 Å². The van der Waals surface area contributed by atoms with Crippen LogP contribution >= 0.6 is 0 Å². The standard InChI is InChI=1S/C28H32N2O4/c1-4-29-28(32)24(18-22-13-6-5-7-14-22)30(19-23-15-9-8-12-21(23)2)27(31)20-34-26-17-11-10-16-25(26)33-3/h5-17,24H,4,18-20H2,1-3H3,(H,29,32)/t24-/m0/s1. The molecule has 0 saturated heterocycles. The minimum atomic E-state index is -0.685. The van der Waals surface area contributed by atoms with Crippen molar-refractivity contribution in [1.82, 2.24) is 10.2 Å². The predicted molar refractivity (Wildman–Crippen MR) is 133 cm³/mol. The van der Waals surface area contributed by atoms with Crippen molar-refractivity contribution >= 4 is 11.8 Å². The number of amides is 2. The number of nitrogens with zero attached hydrogens (tertiary/aromatic N) is 1. The topological polar surface area (TPSA) is 67.9 Å². The van der Waals surface area contributed by atoms with Crippen molar-refractivity contribution in [2.75, 3.05) is 20.3 Å². The Kier molecular flexibility index (Phi) is 9.09. The number of nitrogens with one attached hydrogen (secondary N) is 1. The van der Waals surface area contributed by atoms with Gasteiger partial charge in [-0.05, 0) is 42.7 Å². The van der Waals surface area contributed by atoms with Crippen molar-refractivity contribution in [3.63, 3.8) is 0 Å². The van der Waals surface area contributed by atoms with Crippen LogP contribution in [0, 0.1) is 6.92 Å². The summed E-state index contributed by atoms with van der Waals surface area (Å²) in [6.07, 6.45) is 0.402. The summed E-state index contributed by atoms with van der Waals surface area (Å²) in [5.41, 5.74) is 3.02. The number of ether oxygens (including phenoxy) is 2. The van der Waals surface area contributed by atoms with Crippen LogP contribution in [-0.4, -0.2) is 43.0 Å². The van der Waals surface area contributed by atoms with Gasteiger partial charge in [0, 0.05) is 19.5 Å². The molecule has 2 amide bonds. The fraction of sp³-hybridized carbons (Fsp3) is 0.286. The molecule has 0 radical (unpaired) electrons. The average molecular weight is 461 g/mol. The van der Waals surface area contributed by atoms with Gasteiger partial charge in [0.05, 0.1) is 7.11 Å². The van der Waals surface area contributed by atoms with Gasteiger partial charge in [0.25, 0.3) is 5.91 Å². The van der Waals surface area contributed by atoms with Gasteiger partial charge in [-0.25, -0.2) is 0 Å². The Morgan fingerprint density at radius 1 is 0.912 bits per heavy atom. The van der Waals surface area contributed by atoms with E-state index in [4.69, 9.17) is 9.47 Å². The van der Waals surface area contributed by atoms with Gasteiger partial charge in [0.2, 0.25) is 5.91 Å². The Morgan fingerprint density at radius 2 is 1.56 bits per heavy atom. The molecule has 0 heterocycles. The second-order valence-corrected chi connectivity index (χ2v) is 7.99. The second-order valence-electron chi connectivity index (χ2n) is 7.99. The average Bonchev–Trinajstić information content (AvgIpc) is 2.86. The molecule has 0 aliphatic rings. The summed E-state index contributed by atoms with van der Waals surface area (Å²) in [4.78, 5) is 28.4. The third kappa shape index (κ3) is 6.61. The van der Waals surface area contributed by atoms with Crippen LogP contribution in [-0.2, 0) is 22.6 Å². The fourth-order valence-electron chi connectivity index (χ4n) is 3.78. The molecule has 3 aromatic rings. The van der Waals surface area contributed by atoms with Gasteiger partial charge in [-0.1, -0.05) is 66.7 Å². The van der Waals surface area contributed by atoms with Gasteiger partial charge in [-0.15, -0.1) is 0 Å². The van der Waals surface area contributed by atoms with Gasteiger partial charge in [0.1, 0.15) is 6.04 Å². The fourth-order valence-corrected chi connectivity index (χ4v) is 3.78. The molecule has 1 N–H and O–H groups in total. The summed E-state index contributed by atoms with van der Waals surface area (Å²) in [6.45, 7) is 4.44. The van der Waals surface area contributed by atoms with Gasteiger partial charge >= 0.3 is 0 Å². The first-order valence-electron chi connectivity index (χ1n) is 11.4. The Morgan fingerprint density at radius 3 is 2.24 bits per heavy atom. The van der Waals surface area contributed by atoms with E-state index < -0.39 is 6.04 Å². The van der Waals surface area contributed by atoms with Crippen molar-refractivity contribution in [2.24, 2.45) is 0 Å².